The Labute approximate surface area is 124 Å². The van der Waals surface area contributed by atoms with Gasteiger partial charge in [0.05, 0.1) is 12.7 Å². The standard InChI is InChI=1S/C16H31N3O/c1-6-14(4)19(9-10-20-5)15-7-8-16(11-15,12-17)18-13(2)3/h13-15,18H,6-11H2,1-5H3. The number of hydrogen-bond acceptors (Lipinski definition) is 4. The molecule has 0 aliphatic heterocycles. The van der Waals surface area contributed by atoms with Gasteiger partial charge in [0.15, 0.2) is 0 Å². The fourth-order valence-electron chi connectivity index (χ4n) is 3.31. The molecule has 0 radical (unpaired) electrons. The normalized spacial score (nSPS) is 28.0. The molecule has 0 saturated heterocycles. The minimum absolute atomic E-state index is 0.336. The fraction of sp³-hybridized carbons (Fsp3) is 0.938. The van der Waals surface area contributed by atoms with Crippen molar-refractivity contribution in [3.8, 4) is 6.07 Å². The van der Waals surface area contributed by atoms with Gasteiger partial charge in [-0.25, -0.2) is 0 Å². The van der Waals surface area contributed by atoms with Crippen LogP contribution in [-0.4, -0.2) is 48.8 Å². The van der Waals surface area contributed by atoms with Crippen molar-refractivity contribution in [1.29, 1.82) is 5.26 Å². The first-order chi connectivity index (χ1) is 9.48. The van der Waals surface area contributed by atoms with Gasteiger partial charge in [0, 0.05) is 31.8 Å². The van der Waals surface area contributed by atoms with E-state index in [4.69, 9.17) is 4.74 Å². The molecule has 1 rings (SSSR count). The number of hydrogen-bond donors (Lipinski definition) is 1. The van der Waals surface area contributed by atoms with Crippen LogP contribution >= 0.6 is 0 Å². The van der Waals surface area contributed by atoms with Crippen LogP contribution in [0.2, 0.25) is 0 Å². The maximum atomic E-state index is 9.58. The van der Waals surface area contributed by atoms with Crippen molar-refractivity contribution < 1.29 is 4.74 Å². The zero-order valence-corrected chi connectivity index (χ0v) is 13.8. The van der Waals surface area contributed by atoms with Gasteiger partial charge in [0.2, 0.25) is 0 Å². The quantitative estimate of drug-likeness (QED) is 0.743. The molecule has 1 saturated carbocycles. The monoisotopic (exact) mass is 281 g/mol. The van der Waals surface area contributed by atoms with E-state index in [1.807, 2.05) is 0 Å². The lowest BCUT2D eigenvalue weighted by atomic mass is 9.97. The third kappa shape index (κ3) is 4.44. The van der Waals surface area contributed by atoms with Crippen molar-refractivity contribution in [2.24, 2.45) is 0 Å². The maximum absolute atomic E-state index is 9.58. The summed E-state index contributed by atoms with van der Waals surface area (Å²) >= 11 is 0. The summed E-state index contributed by atoms with van der Waals surface area (Å²) in [6.07, 6.45) is 4.11. The molecule has 4 nitrogen and oxygen atoms in total. The first-order valence-electron chi connectivity index (χ1n) is 7.91. The smallest absolute Gasteiger partial charge is 0.108 e. The molecule has 0 aromatic rings. The Morgan fingerprint density at radius 3 is 2.65 bits per heavy atom. The van der Waals surface area contributed by atoms with Crippen LogP contribution in [0, 0.1) is 11.3 Å². The Kier molecular flexibility index (Phi) is 6.94. The Hall–Kier alpha value is -0.630. The zero-order valence-electron chi connectivity index (χ0n) is 13.8. The van der Waals surface area contributed by atoms with Crippen LogP contribution in [0.5, 0.6) is 0 Å². The predicted molar refractivity (Wildman–Crippen MR) is 82.6 cm³/mol. The van der Waals surface area contributed by atoms with E-state index in [2.05, 4.69) is 44.0 Å². The number of ether oxygens (including phenoxy) is 1. The van der Waals surface area contributed by atoms with Crippen molar-refractivity contribution in [3.05, 3.63) is 0 Å². The molecule has 0 aromatic heterocycles. The first kappa shape index (κ1) is 17.4. The van der Waals surface area contributed by atoms with Gasteiger partial charge in [0.1, 0.15) is 5.54 Å². The average molecular weight is 281 g/mol. The van der Waals surface area contributed by atoms with Gasteiger partial charge >= 0.3 is 0 Å². The van der Waals surface area contributed by atoms with Crippen LogP contribution in [-0.2, 0) is 4.74 Å². The van der Waals surface area contributed by atoms with Gasteiger partial charge in [-0.05, 0) is 46.5 Å². The molecule has 116 valence electrons. The summed E-state index contributed by atoms with van der Waals surface area (Å²) in [5.74, 6) is 0. The van der Waals surface area contributed by atoms with E-state index in [0.29, 0.717) is 18.1 Å². The number of nitriles is 1. The van der Waals surface area contributed by atoms with Crippen molar-refractivity contribution >= 4 is 0 Å². The molecule has 1 aliphatic rings. The molecule has 0 bridgehead atoms. The highest BCUT2D eigenvalue weighted by molar-refractivity contribution is 5.14. The molecule has 1 N–H and O–H groups in total. The number of rotatable bonds is 8. The lowest BCUT2D eigenvalue weighted by molar-refractivity contribution is 0.0873. The molecule has 20 heavy (non-hydrogen) atoms. The van der Waals surface area contributed by atoms with E-state index in [9.17, 15) is 5.26 Å². The van der Waals surface area contributed by atoms with Crippen molar-refractivity contribution in [3.63, 3.8) is 0 Å². The lowest BCUT2D eigenvalue weighted by Crippen LogP contribution is -2.48. The number of nitrogens with zero attached hydrogens (tertiary/aromatic N) is 2. The van der Waals surface area contributed by atoms with Crippen molar-refractivity contribution in [1.82, 2.24) is 10.2 Å². The fourth-order valence-corrected chi connectivity index (χ4v) is 3.31. The average Bonchev–Trinajstić information content (AvgIpc) is 2.82. The van der Waals surface area contributed by atoms with E-state index < -0.39 is 0 Å². The largest absolute Gasteiger partial charge is 0.383 e. The highest BCUT2D eigenvalue weighted by Gasteiger charge is 2.42. The summed E-state index contributed by atoms with van der Waals surface area (Å²) in [7, 11) is 1.75. The van der Waals surface area contributed by atoms with Gasteiger partial charge in [-0.2, -0.15) is 5.26 Å². The molecule has 0 spiro atoms. The zero-order chi connectivity index (χ0) is 15.2. The summed E-state index contributed by atoms with van der Waals surface area (Å²) in [5, 5.41) is 13.1. The number of methoxy groups -OCH3 is 1. The molecular formula is C16H31N3O. The summed E-state index contributed by atoms with van der Waals surface area (Å²) in [6.45, 7) is 10.5. The molecule has 3 unspecified atom stereocenters. The van der Waals surface area contributed by atoms with Gasteiger partial charge < -0.3 is 4.74 Å². The third-order valence-electron chi connectivity index (χ3n) is 4.45. The lowest BCUT2D eigenvalue weighted by Gasteiger charge is -2.35. The van der Waals surface area contributed by atoms with Crippen LogP contribution in [0.3, 0.4) is 0 Å². The molecule has 1 aliphatic carbocycles. The van der Waals surface area contributed by atoms with Gasteiger partial charge in [-0.1, -0.05) is 6.92 Å². The van der Waals surface area contributed by atoms with Crippen LogP contribution in [0.15, 0.2) is 0 Å². The Morgan fingerprint density at radius 2 is 2.15 bits per heavy atom. The molecule has 3 atom stereocenters. The highest BCUT2D eigenvalue weighted by Crippen LogP contribution is 2.34. The van der Waals surface area contributed by atoms with E-state index in [1.54, 1.807) is 7.11 Å². The van der Waals surface area contributed by atoms with Gasteiger partial charge in [-0.15, -0.1) is 0 Å². The van der Waals surface area contributed by atoms with Crippen LogP contribution in [0.1, 0.15) is 53.4 Å². The minimum atomic E-state index is -0.336. The van der Waals surface area contributed by atoms with E-state index in [0.717, 1.165) is 38.8 Å². The first-order valence-corrected chi connectivity index (χ1v) is 7.91. The second-order valence-corrected chi connectivity index (χ2v) is 6.38. The Balaban J connectivity index is 2.73. The van der Waals surface area contributed by atoms with Crippen molar-refractivity contribution in [2.75, 3.05) is 20.3 Å². The summed E-state index contributed by atoms with van der Waals surface area (Å²) in [4.78, 5) is 2.53. The van der Waals surface area contributed by atoms with Gasteiger partial charge in [-0.3, -0.25) is 10.2 Å². The molecular weight excluding hydrogens is 250 g/mol. The number of nitrogens with one attached hydrogen (secondary N) is 1. The Bertz CT molecular complexity index is 326. The second-order valence-electron chi connectivity index (χ2n) is 6.38. The Morgan fingerprint density at radius 1 is 1.45 bits per heavy atom. The molecule has 1 fully saturated rings. The second kappa shape index (κ2) is 7.97. The van der Waals surface area contributed by atoms with Gasteiger partial charge in [0.25, 0.3) is 0 Å². The molecule has 0 amide bonds. The third-order valence-corrected chi connectivity index (χ3v) is 4.45. The van der Waals surface area contributed by atoms with E-state index in [-0.39, 0.29) is 5.54 Å². The molecule has 4 heteroatoms. The topological polar surface area (TPSA) is 48.3 Å². The van der Waals surface area contributed by atoms with Crippen LogP contribution < -0.4 is 5.32 Å². The van der Waals surface area contributed by atoms with Crippen molar-refractivity contribution in [2.45, 2.75) is 77.0 Å². The summed E-state index contributed by atoms with van der Waals surface area (Å²) < 4.78 is 5.25. The maximum Gasteiger partial charge on any atom is 0.108 e. The SMILES string of the molecule is CCC(C)N(CCOC)C1CCC(C#N)(NC(C)C)C1. The summed E-state index contributed by atoms with van der Waals surface area (Å²) in [6, 6.07) is 3.93. The van der Waals surface area contributed by atoms with Crippen LogP contribution in [0.4, 0.5) is 0 Å². The predicted octanol–water partition coefficient (Wildman–Crippen LogP) is 2.55. The highest BCUT2D eigenvalue weighted by atomic mass is 16.5. The van der Waals surface area contributed by atoms with E-state index in [1.165, 1.54) is 0 Å². The molecule has 0 aromatic carbocycles. The summed E-state index contributed by atoms with van der Waals surface area (Å²) in [5.41, 5.74) is -0.336. The van der Waals surface area contributed by atoms with Crippen LogP contribution in [0.25, 0.3) is 0 Å². The minimum Gasteiger partial charge on any atom is -0.383 e. The van der Waals surface area contributed by atoms with E-state index >= 15 is 0 Å². The molecule has 0 heterocycles.